The number of non-ortho nitro benzene ring substituents is 1. The van der Waals surface area contributed by atoms with E-state index < -0.39 is 4.92 Å². The molecule has 0 fully saturated rings. The second-order valence-electron chi connectivity index (χ2n) is 3.70. The average Bonchev–Trinajstić information content (AvgIpc) is 2.54. The van der Waals surface area contributed by atoms with Gasteiger partial charge in [0.25, 0.3) is 5.69 Å². The van der Waals surface area contributed by atoms with Crippen LogP contribution in [0.1, 0.15) is 11.3 Å². The van der Waals surface area contributed by atoms with Crippen molar-refractivity contribution in [3.05, 3.63) is 33.5 Å². The van der Waals surface area contributed by atoms with Crippen LogP contribution in [-0.2, 0) is 0 Å². The number of ether oxygens (including phenoxy) is 1. The van der Waals surface area contributed by atoms with Gasteiger partial charge in [0.05, 0.1) is 18.1 Å². The first-order valence-corrected chi connectivity index (χ1v) is 4.86. The van der Waals surface area contributed by atoms with E-state index >= 15 is 0 Å². The Morgan fingerprint density at radius 1 is 1.38 bits per heavy atom. The highest BCUT2D eigenvalue weighted by atomic mass is 16.6. The van der Waals surface area contributed by atoms with Crippen LogP contribution >= 0.6 is 0 Å². The predicted octanol–water partition coefficient (Wildman–Crippen LogP) is 2.70. The molecule has 0 amide bonds. The Morgan fingerprint density at radius 3 is 2.62 bits per heavy atom. The van der Waals surface area contributed by atoms with Gasteiger partial charge in [-0.3, -0.25) is 10.1 Å². The fraction of sp³-hybridized carbons (Fsp3) is 0.273. The third-order valence-corrected chi connectivity index (χ3v) is 2.80. The zero-order valence-electron chi connectivity index (χ0n) is 9.33. The molecular formula is C11H12N2O3. The quantitative estimate of drug-likeness (QED) is 0.625. The van der Waals surface area contributed by atoms with Crippen LogP contribution in [0, 0.1) is 24.0 Å². The van der Waals surface area contributed by atoms with Crippen molar-refractivity contribution in [3.63, 3.8) is 0 Å². The van der Waals surface area contributed by atoms with Gasteiger partial charge in [-0.2, -0.15) is 0 Å². The summed E-state index contributed by atoms with van der Waals surface area (Å²) in [5.41, 5.74) is 2.55. The summed E-state index contributed by atoms with van der Waals surface area (Å²) in [5, 5.41) is 11.8. The van der Waals surface area contributed by atoms with E-state index in [4.69, 9.17) is 4.74 Å². The molecule has 0 bridgehead atoms. The van der Waals surface area contributed by atoms with Gasteiger partial charge in [-0.25, -0.2) is 0 Å². The number of H-pyrrole nitrogens is 1. The SMILES string of the molecule is COc1cc([N+](=O)[O-])c2[nH]c(C)c(C)c2c1. The van der Waals surface area contributed by atoms with E-state index in [0.717, 1.165) is 16.6 Å². The van der Waals surface area contributed by atoms with Crippen molar-refractivity contribution in [2.75, 3.05) is 7.11 Å². The number of methoxy groups -OCH3 is 1. The molecule has 1 aromatic carbocycles. The number of hydrogen-bond acceptors (Lipinski definition) is 3. The van der Waals surface area contributed by atoms with Crippen molar-refractivity contribution in [2.45, 2.75) is 13.8 Å². The van der Waals surface area contributed by atoms with Crippen molar-refractivity contribution >= 4 is 16.6 Å². The fourth-order valence-corrected chi connectivity index (χ4v) is 1.77. The van der Waals surface area contributed by atoms with Gasteiger partial charge < -0.3 is 9.72 Å². The van der Waals surface area contributed by atoms with E-state index in [1.807, 2.05) is 13.8 Å². The van der Waals surface area contributed by atoms with E-state index in [-0.39, 0.29) is 5.69 Å². The van der Waals surface area contributed by atoms with Crippen LogP contribution in [0.5, 0.6) is 5.75 Å². The number of nitrogens with one attached hydrogen (secondary N) is 1. The first-order valence-electron chi connectivity index (χ1n) is 4.86. The highest BCUT2D eigenvalue weighted by molar-refractivity contribution is 5.92. The second-order valence-corrected chi connectivity index (χ2v) is 3.70. The Kier molecular flexibility index (Phi) is 2.30. The maximum atomic E-state index is 10.9. The van der Waals surface area contributed by atoms with E-state index in [9.17, 15) is 10.1 Å². The Bertz CT molecular complexity index is 572. The zero-order chi connectivity index (χ0) is 11.9. The topological polar surface area (TPSA) is 68.2 Å². The van der Waals surface area contributed by atoms with E-state index in [1.54, 1.807) is 6.07 Å². The summed E-state index contributed by atoms with van der Waals surface area (Å²) >= 11 is 0. The minimum atomic E-state index is -0.403. The summed E-state index contributed by atoms with van der Waals surface area (Å²) in [7, 11) is 1.50. The van der Waals surface area contributed by atoms with Gasteiger partial charge in [0, 0.05) is 11.1 Å². The smallest absolute Gasteiger partial charge is 0.296 e. The number of nitro benzene ring substituents is 1. The van der Waals surface area contributed by atoms with Gasteiger partial charge in [0.2, 0.25) is 0 Å². The number of nitrogens with zero attached hydrogens (tertiary/aromatic N) is 1. The van der Waals surface area contributed by atoms with Gasteiger partial charge >= 0.3 is 0 Å². The number of nitro groups is 1. The van der Waals surface area contributed by atoms with Gasteiger partial charge in [-0.1, -0.05) is 0 Å². The average molecular weight is 220 g/mol. The molecule has 1 N–H and O–H groups in total. The number of rotatable bonds is 2. The lowest BCUT2D eigenvalue weighted by Gasteiger charge is -2.01. The molecule has 5 heteroatoms. The first-order chi connectivity index (χ1) is 7.54. The predicted molar refractivity (Wildman–Crippen MR) is 61.0 cm³/mol. The Hall–Kier alpha value is -2.04. The number of benzene rings is 1. The lowest BCUT2D eigenvalue weighted by molar-refractivity contribution is -0.383. The van der Waals surface area contributed by atoms with Crippen molar-refractivity contribution in [1.29, 1.82) is 0 Å². The van der Waals surface area contributed by atoms with Crippen molar-refractivity contribution in [1.82, 2.24) is 4.98 Å². The van der Waals surface area contributed by atoms with Crippen LogP contribution in [0.4, 0.5) is 5.69 Å². The van der Waals surface area contributed by atoms with E-state index in [2.05, 4.69) is 4.98 Å². The number of aromatic nitrogens is 1. The van der Waals surface area contributed by atoms with E-state index in [0.29, 0.717) is 11.3 Å². The minimum Gasteiger partial charge on any atom is -0.496 e. The molecule has 16 heavy (non-hydrogen) atoms. The summed E-state index contributed by atoms with van der Waals surface area (Å²) in [6.45, 7) is 3.82. The molecule has 0 spiro atoms. The standard InChI is InChI=1S/C11H12N2O3/c1-6-7(2)12-11-9(6)4-8(16-3)5-10(11)13(14)15/h4-5,12H,1-3H3. The number of fused-ring (bicyclic) bond motifs is 1. The van der Waals surface area contributed by atoms with Crippen molar-refractivity contribution in [2.24, 2.45) is 0 Å². The molecule has 0 aliphatic rings. The minimum absolute atomic E-state index is 0.0468. The summed E-state index contributed by atoms with van der Waals surface area (Å²) in [6.07, 6.45) is 0. The van der Waals surface area contributed by atoms with E-state index in [1.165, 1.54) is 13.2 Å². The first kappa shape index (κ1) is 10.5. The third-order valence-electron chi connectivity index (χ3n) is 2.80. The highest BCUT2D eigenvalue weighted by Gasteiger charge is 2.18. The van der Waals surface area contributed by atoms with Gasteiger partial charge in [-0.05, 0) is 25.5 Å². The van der Waals surface area contributed by atoms with Crippen molar-refractivity contribution in [3.8, 4) is 5.75 Å². The number of aromatic amines is 1. The van der Waals surface area contributed by atoms with Crippen LogP contribution in [0.3, 0.4) is 0 Å². The van der Waals surface area contributed by atoms with Crippen LogP contribution in [-0.4, -0.2) is 17.0 Å². The number of aryl methyl sites for hydroxylation is 2. The third kappa shape index (κ3) is 1.41. The summed E-state index contributed by atoms with van der Waals surface area (Å²) < 4.78 is 5.06. The molecule has 0 atom stereocenters. The molecule has 5 nitrogen and oxygen atoms in total. The molecule has 0 aliphatic heterocycles. The van der Waals surface area contributed by atoms with Gasteiger partial charge in [0.15, 0.2) is 0 Å². The summed E-state index contributed by atoms with van der Waals surface area (Å²) in [6, 6.07) is 3.24. The van der Waals surface area contributed by atoms with Gasteiger partial charge in [-0.15, -0.1) is 0 Å². The van der Waals surface area contributed by atoms with Crippen LogP contribution in [0.25, 0.3) is 10.9 Å². The lowest BCUT2D eigenvalue weighted by Crippen LogP contribution is -1.91. The van der Waals surface area contributed by atoms with Crippen LogP contribution < -0.4 is 4.74 Å². The molecular weight excluding hydrogens is 208 g/mol. The maximum Gasteiger partial charge on any atom is 0.296 e. The van der Waals surface area contributed by atoms with Gasteiger partial charge in [0.1, 0.15) is 11.3 Å². The van der Waals surface area contributed by atoms with Crippen LogP contribution in [0.15, 0.2) is 12.1 Å². The normalized spacial score (nSPS) is 10.7. The zero-order valence-corrected chi connectivity index (χ0v) is 9.33. The largest absolute Gasteiger partial charge is 0.496 e. The molecule has 0 saturated heterocycles. The molecule has 1 heterocycles. The maximum absolute atomic E-state index is 10.9. The fourth-order valence-electron chi connectivity index (χ4n) is 1.77. The lowest BCUT2D eigenvalue weighted by atomic mass is 10.1. The molecule has 1 aromatic heterocycles. The highest BCUT2D eigenvalue weighted by Crippen LogP contribution is 2.33. The molecule has 2 aromatic rings. The van der Waals surface area contributed by atoms with Crippen LogP contribution in [0.2, 0.25) is 0 Å². The molecule has 0 radical (unpaired) electrons. The monoisotopic (exact) mass is 220 g/mol. The van der Waals surface area contributed by atoms with Crippen molar-refractivity contribution < 1.29 is 9.66 Å². The molecule has 0 aliphatic carbocycles. The Morgan fingerprint density at radius 2 is 2.06 bits per heavy atom. The summed E-state index contributed by atoms with van der Waals surface area (Å²) in [4.78, 5) is 13.6. The molecule has 2 rings (SSSR count). The molecule has 84 valence electrons. The Balaban J connectivity index is 2.87. The Labute approximate surface area is 92.2 Å². The molecule has 0 unspecified atom stereocenters. The number of hydrogen-bond donors (Lipinski definition) is 1. The second kappa shape index (κ2) is 3.52. The summed E-state index contributed by atoms with van der Waals surface area (Å²) in [5.74, 6) is 0.501. The molecule has 0 saturated carbocycles.